The number of morpholine rings is 1. The van der Waals surface area contributed by atoms with Crippen LogP contribution in [0, 0.1) is 6.92 Å². The molecular weight excluding hydrogens is 412 g/mol. The van der Waals surface area contributed by atoms with Crippen LogP contribution in [-0.2, 0) is 21.3 Å². The quantitative estimate of drug-likeness (QED) is 0.651. The number of hydrogen-bond acceptors (Lipinski definition) is 4. The molecule has 2 aromatic carbocycles. The van der Waals surface area contributed by atoms with Crippen LogP contribution in [0.2, 0.25) is 0 Å². The molecule has 0 spiro atoms. The fraction of sp³-hybridized carbons (Fsp3) is 0.458. The van der Waals surface area contributed by atoms with Gasteiger partial charge >= 0.3 is 0 Å². The molecule has 1 amide bonds. The Morgan fingerprint density at radius 1 is 1.10 bits per heavy atom. The van der Waals surface area contributed by atoms with E-state index in [-0.39, 0.29) is 23.0 Å². The zero-order chi connectivity index (χ0) is 22.6. The van der Waals surface area contributed by atoms with Crippen molar-refractivity contribution in [2.75, 3.05) is 19.6 Å². The number of carbonyl (C=O) groups excluding carboxylic acids is 1. The van der Waals surface area contributed by atoms with Crippen molar-refractivity contribution in [1.82, 2.24) is 9.21 Å². The Labute approximate surface area is 185 Å². The van der Waals surface area contributed by atoms with E-state index in [1.807, 2.05) is 52.0 Å². The van der Waals surface area contributed by atoms with E-state index in [0.717, 1.165) is 12.0 Å². The second-order valence-electron chi connectivity index (χ2n) is 8.32. The van der Waals surface area contributed by atoms with Crippen LogP contribution in [-0.4, -0.2) is 55.4 Å². The van der Waals surface area contributed by atoms with Crippen LogP contribution in [0.25, 0.3) is 0 Å². The van der Waals surface area contributed by atoms with E-state index in [1.165, 1.54) is 15.9 Å². The van der Waals surface area contributed by atoms with E-state index < -0.39 is 10.0 Å². The summed E-state index contributed by atoms with van der Waals surface area (Å²) in [5, 5.41) is 0. The lowest BCUT2D eigenvalue weighted by atomic mass is 10.1. The van der Waals surface area contributed by atoms with Gasteiger partial charge in [-0.15, -0.1) is 0 Å². The summed E-state index contributed by atoms with van der Waals surface area (Å²) in [5.41, 5.74) is 2.60. The number of nitrogens with zero attached hydrogens (tertiary/aromatic N) is 2. The lowest BCUT2D eigenvalue weighted by Crippen LogP contribution is -2.48. The van der Waals surface area contributed by atoms with E-state index in [4.69, 9.17) is 4.74 Å². The van der Waals surface area contributed by atoms with Gasteiger partial charge < -0.3 is 9.64 Å². The summed E-state index contributed by atoms with van der Waals surface area (Å²) >= 11 is 0. The van der Waals surface area contributed by atoms with Crippen molar-refractivity contribution in [1.29, 1.82) is 0 Å². The molecule has 7 heteroatoms. The summed E-state index contributed by atoms with van der Waals surface area (Å²) in [4.78, 5) is 15.2. The molecule has 2 atom stereocenters. The Kier molecular flexibility index (Phi) is 7.51. The molecule has 0 aromatic heterocycles. The van der Waals surface area contributed by atoms with Crippen LogP contribution in [0.3, 0.4) is 0 Å². The first kappa shape index (κ1) is 23.4. The fourth-order valence-electron chi connectivity index (χ4n) is 3.88. The third kappa shape index (κ3) is 5.73. The normalized spacial score (nSPS) is 19.9. The summed E-state index contributed by atoms with van der Waals surface area (Å²) in [6.07, 6.45) is 0.481. The minimum Gasteiger partial charge on any atom is -0.373 e. The third-order valence-electron chi connectivity index (χ3n) is 5.38. The molecule has 0 N–H and O–H groups in total. The van der Waals surface area contributed by atoms with Gasteiger partial charge in [0.15, 0.2) is 0 Å². The van der Waals surface area contributed by atoms with Gasteiger partial charge in [-0.3, -0.25) is 4.79 Å². The van der Waals surface area contributed by atoms with Crippen LogP contribution in [0.1, 0.15) is 48.7 Å². The molecule has 0 unspecified atom stereocenters. The number of amides is 1. The first-order valence-electron chi connectivity index (χ1n) is 10.8. The Balaban J connectivity index is 1.84. The van der Waals surface area contributed by atoms with Gasteiger partial charge in [-0.25, -0.2) is 8.42 Å². The highest BCUT2D eigenvalue weighted by atomic mass is 32.2. The number of sulfonamides is 1. The van der Waals surface area contributed by atoms with Crippen LogP contribution < -0.4 is 0 Å². The fourth-order valence-corrected chi connectivity index (χ4v) is 5.52. The highest BCUT2D eigenvalue weighted by molar-refractivity contribution is 7.89. The molecule has 6 nitrogen and oxygen atoms in total. The van der Waals surface area contributed by atoms with E-state index in [0.29, 0.717) is 31.7 Å². The van der Waals surface area contributed by atoms with Crippen molar-refractivity contribution in [3.8, 4) is 0 Å². The minimum absolute atomic E-state index is 0.145. The molecule has 31 heavy (non-hydrogen) atoms. The Bertz CT molecular complexity index is 994. The lowest BCUT2D eigenvalue weighted by Gasteiger charge is -2.34. The highest BCUT2D eigenvalue weighted by Gasteiger charge is 2.32. The van der Waals surface area contributed by atoms with Gasteiger partial charge in [-0.1, -0.05) is 42.8 Å². The van der Waals surface area contributed by atoms with Crippen molar-refractivity contribution >= 4 is 15.9 Å². The number of benzene rings is 2. The molecule has 0 bridgehead atoms. The summed E-state index contributed by atoms with van der Waals surface area (Å²) in [7, 11) is -3.70. The van der Waals surface area contributed by atoms with E-state index >= 15 is 0 Å². The maximum absolute atomic E-state index is 13.3. The summed E-state index contributed by atoms with van der Waals surface area (Å²) in [5.74, 6) is -0.164. The largest absolute Gasteiger partial charge is 0.373 e. The Hall–Kier alpha value is -2.22. The number of rotatable bonds is 7. The van der Waals surface area contributed by atoms with Gasteiger partial charge in [-0.2, -0.15) is 4.31 Å². The van der Waals surface area contributed by atoms with Crippen LogP contribution in [0.5, 0.6) is 0 Å². The summed E-state index contributed by atoms with van der Waals surface area (Å²) < 4.78 is 33.5. The Morgan fingerprint density at radius 2 is 1.74 bits per heavy atom. The van der Waals surface area contributed by atoms with E-state index in [2.05, 4.69) is 0 Å². The number of aryl methyl sites for hydroxylation is 1. The first-order valence-corrected chi connectivity index (χ1v) is 12.2. The SMILES string of the molecule is CCCN(Cc1ccc(C)cc1)C(=O)c1cccc(S(=O)(=O)N2C[C@H](C)O[C@@H](C)C2)c1. The van der Waals surface area contributed by atoms with Gasteiger partial charge in [0.25, 0.3) is 5.91 Å². The molecule has 0 aliphatic carbocycles. The molecule has 1 aliphatic heterocycles. The molecule has 1 aliphatic rings. The smallest absolute Gasteiger partial charge is 0.254 e. The molecule has 0 radical (unpaired) electrons. The maximum atomic E-state index is 13.3. The molecule has 168 valence electrons. The first-order chi connectivity index (χ1) is 14.7. The van der Waals surface area contributed by atoms with Gasteiger partial charge in [0.2, 0.25) is 10.0 Å². The Morgan fingerprint density at radius 3 is 2.35 bits per heavy atom. The summed E-state index contributed by atoms with van der Waals surface area (Å²) in [6.45, 7) is 9.49. The summed E-state index contributed by atoms with van der Waals surface area (Å²) in [6, 6.07) is 14.5. The van der Waals surface area contributed by atoms with Crippen molar-refractivity contribution < 1.29 is 17.9 Å². The third-order valence-corrected chi connectivity index (χ3v) is 7.21. The van der Waals surface area contributed by atoms with Gasteiger partial charge in [-0.05, 0) is 51.0 Å². The van der Waals surface area contributed by atoms with Crippen molar-refractivity contribution in [3.63, 3.8) is 0 Å². The second kappa shape index (κ2) is 9.94. The average Bonchev–Trinajstić information content (AvgIpc) is 2.74. The molecule has 2 aromatic rings. The monoisotopic (exact) mass is 444 g/mol. The van der Waals surface area contributed by atoms with Gasteiger partial charge in [0, 0.05) is 31.7 Å². The molecule has 0 saturated carbocycles. The predicted octanol–water partition coefficient (Wildman–Crippen LogP) is 3.85. The number of ether oxygens (including phenoxy) is 1. The molecule has 1 fully saturated rings. The van der Waals surface area contributed by atoms with Gasteiger partial charge in [0.05, 0.1) is 17.1 Å². The molecular formula is C24H32N2O4S. The van der Waals surface area contributed by atoms with Crippen molar-refractivity contribution in [3.05, 3.63) is 65.2 Å². The molecule has 1 heterocycles. The maximum Gasteiger partial charge on any atom is 0.254 e. The van der Waals surface area contributed by atoms with E-state index in [1.54, 1.807) is 23.1 Å². The van der Waals surface area contributed by atoms with E-state index in [9.17, 15) is 13.2 Å². The zero-order valence-electron chi connectivity index (χ0n) is 18.7. The molecule has 3 rings (SSSR count). The lowest BCUT2D eigenvalue weighted by molar-refractivity contribution is -0.0440. The van der Waals surface area contributed by atoms with Crippen LogP contribution in [0.15, 0.2) is 53.4 Å². The zero-order valence-corrected chi connectivity index (χ0v) is 19.6. The van der Waals surface area contributed by atoms with Gasteiger partial charge in [0.1, 0.15) is 0 Å². The second-order valence-corrected chi connectivity index (χ2v) is 10.3. The van der Waals surface area contributed by atoms with Crippen LogP contribution >= 0.6 is 0 Å². The standard InChI is InChI=1S/C24H32N2O4S/c1-5-13-25(17-21-11-9-18(2)10-12-21)24(27)22-7-6-8-23(14-22)31(28,29)26-15-19(3)30-20(4)16-26/h6-12,14,19-20H,5,13,15-17H2,1-4H3/t19-,20-/m0/s1. The minimum atomic E-state index is -3.70. The predicted molar refractivity (Wildman–Crippen MR) is 121 cm³/mol. The highest BCUT2D eigenvalue weighted by Crippen LogP contribution is 2.23. The van der Waals surface area contributed by atoms with Crippen molar-refractivity contribution in [2.45, 2.75) is 57.8 Å². The topological polar surface area (TPSA) is 66.9 Å². The van der Waals surface area contributed by atoms with Crippen LogP contribution in [0.4, 0.5) is 0 Å². The number of hydrogen-bond donors (Lipinski definition) is 0. The van der Waals surface area contributed by atoms with Crippen molar-refractivity contribution in [2.24, 2.45) is 0 Å². The average molecular weight is 445 g/mol. The molecule has 1 saturated heterocycles. The number of carbonyl (C=O) groups is 1.